The number of phenols is 1. The van der Waals surface area contributed by atoms with Crippen molar-refractivity contribution in [2.24, 2.45) is 11.8 Å². The van der Waals surface area contributed by atoms with E-state index in [0.717, 1.165) is 13.1 Å². The summed E-state index contributed by atoms with van der Waals surface area (Å²) in [6, 6.07) is 4.48. The average molecular weight is 308 g/mol. The largest absolute Gasteiger partial charge is 0.505 e. The van der Waals surface area contributed by atoms with Gasteiger partial charge in [-0.15, -0.1) is 0 Å². The number of aromatic hydroxyl groups is 1. The Labute approximate surface area is 131 Å². The molecule has 0 saturated carbocycles. The maximum Gasteiger partial charge on any atom is 0.227 e. The first-order chi connectivity index (χ1) is 10.3. The zero-order valence-electron chi connectivity index (χ0n) is 13.7. The van der Waals surface area contributed by atoms with E-state index in [2.05, 4.69) is 18.7 Å². The molecule has 0 radical (unpaired) electrons. The fourth-order valence-electron chi connectivity index (χ4n) is 3.16. The van der Waals surface area contributed by atoms with Gasteiger partial charge in [-0.1, -0.05) is 19.9 Å². The van der Waals surface area contributed by atoms with Crippen molar-refractivity contribution >= 4 is 5.91 Å². The number of carbonyl (C=O) groups excluding carboxylic acids is 1. The number of hydrogen-bond donors (Lipinski definition) is 1. The van der Waals surface area contributed by atoms with Gasteiger partial charge in [0.1, 0.15) is 0 Å². The number of carbonyl (C=O) groups is 1. The molecule has 1 aliphatic rings. The molecule has 5 heteroatoms. The van der Waals surface area contributed by atoms with Crippen LogP contribution in [0.2, 0.25) is 0 Å². The highest BCUT2D eigenvalue weighted by molar-refractivity contribution is 5.79. The molecule has 0 unspecified atom stereocenters. The van der Waals surface area contributed by atoms with Gasteiger partial charge in [0.15, 0.2) is 11.6 Å². The third kappa shape index (κ3) is 3.58. The molecule has 0 spiro atoms. The van der Waals surface area contributed by atoms with Crippen molar-refractivity contribution in [3.8, 4) is 5.75 Å². The molecular formula is C17H25FN2O2. The lowest BCUT2D eigenvalue weighted by Crippen LogP contribution is -2.37. The highest BCUT2D eigenvalue weighted by atomic mass is 19.1. The summed E-state index contributed by atoms with van der Waals surface area (Å²) in [5.41, 5.74) is 0.592. The van der Waals surface area contributed by atoms with Gasteiger partial charge in [-0.25, -0.2) is 4.39 Å². The first kappa shape index (κ1) is 16.7. The Morgan fingerprint density at radius 1 is 1.41 bits per heavy atom. The minimum atomic E-state index is -0.682. The molecule has 2 rings (SSSR count). The molecule has 1 aromatic carbocycles. The van der Waals surface area contributed by atoms with Crippen molar-refractivity contribution in [2.75, 3.05) is 27.2 Å². The molecule has 0 bridgehead atoms. The van der Waals surface area contributed by atoms with Crippen molar-refractivity contribution in [3.05, 3.63) is 29.6 Å². The minimum absolute atomic E-state index is 0.0140. The van der Waals surface area contributed by atoms with Crippen molar-refractivity contribution in [1.29, 1.82) is 0 Å². The Morgan fingerprint density at radius 3 is 2.59 bits per heavy atom. The van der Waals surface area contributed by atoms with E-state index < -0.39 is 5.82 Å². The van der Waals surface area contributed by atoms with Crippen LogP contribution >= 0.6 is 0 Å². The standard InChI is InChI=1S/C17H25FN2O2/c1-11(2)13-9-20(10-15(13)19(3)4)17(22)8-12-5-6-16(21)14(18)7-12/h5-7,11,13,15,21H,8-10H2,1-4H3/t13-,15+/m0/s1. The summed E-state index contributed by atoms with van der Waals surface area (Å²) in [5.74, 6) is -0.0882. The Bertz CT molecular complexity index is 529. The summed E-state index contributed by atoms with van der Waals surface area (Å²) < 4.78 is 13.4. The van der Waals surface area contributed by atoms with Gasteiger partial charge in [0, 0.05) is 19.1 Å². The fourth-order valence-corrected chi connectivity index (χ4v) is 3.16. The molecule has 1 aromatic rings. The van der Waals surface area contributed by atoms with Crippen LogP contribution in [-0.2, 0) is 11.2 Å². The molecule has 1 N–H and O–H groups in total. The van der Waals surface area contributed by atoms with Crippen molar-refractivity contribution in [2.45, 2.75) is 26.3 Å². The number of hydrogen-bond acceptors (Lipinski definition) is 3. The molecule has 4 nitrogen and oxygen atoms in total. The van der Waals surface area contributed by atoms with Gasteiger partial charge >= 0.3 is 0 Å². The van der Waals surface area contributed by atoms with Gasteiger partial charge in [0.05, 0.1) is 6.42 Å². The van der Waals surface area contributed by atoms with Crippen LogP contribution in [0.5, 0.6) is 5.75 Å². The normalized spacial score (nSPS) is 21.9. The van der Waals surface area contributed by atoms with Crippen LogP contribution in [-0.4, -0.2) is 54.0 Å². The number of likely N-dealkylation sites (tertiary alicyclic amines) is 1. The van der Waals surface area contributed by atoms with E-state index in [0.29, 0.717) is 23.4 Å². The Balaban J connectivity index is 2.05. The van der Waals surface area contributed by atoms with Crippen LogP contribution in [0.4, 0.5) is 4.39 Å². The number of likely N-dealkylation sites (N-methyl/N-ethyl adjacent to an activating group) is 1. The van der Waals surface area contributed by atoms with E-state index in [-0.39, 0.29) is 18.1 Å². The molecule has 1 fully saturated rings. The minimum Gasteiger partial charge on any atom is -0.505 e. The number of nitrogens with zero attached hydrogens (tertiary/aromatic N) is 2. The number of phenolic OH excluding ortho intramolecular Hbond substituents is 1. The summed E-state index contributed by atoms with van der Waals surface area (Å²) in [6.45, 7) is 5.84. The lowest BCUT2D eigenvalue weighted by atomic mass is 9.91. The molecule has 1 heterocycles. The van der Waals surface area contributed by atoms with E-state index in [9.17, 15) is 14.3 Å². The summed E-state index contributed by atoms with van der Waals surface area (Å²) >= 11 is 0. The maximum absolute atomic E-state index is 13.4. The van der Waals surface area contributed by atoms with Gasteiger partial charge in [0.25, 0.3) is 0 Å². The highest BCUT2D eigenvalue weighted by Crippen LogP contribution is 2.28. The first-order valence-corrected chi connectivity index (χ1v) is 7.71. The van der Waals surface area contributed by atoms with Crippen LogP contribution < -0.4 is 0 Å². The van der Waals surface area contributed by atoms with E-state index in [4.69, 9.17) is 0 Å². The molecule has 1 aliphatic heterocycles. The summed E-state index contributed by atoms with van der Waals surface area (Å²) in [5, 5.41) is 9.21. The molecule has 0 aromatic heterocycles. The highest BCUT2D eigenvalue weighted by Gasteiger charge is 2.37. The van der Waals surface area contributed by atoms with Crippen LogP contribution in [0.1, 0.15) is 19.4 Å². The van der Waals surface area contributed by atoms with Crippen molar-refractivity contribution in [1.82, 2.24) is 9.80 Å². The van der Waals surface area contributed by atoms with E-state index >= 15 is 0 Å². The summed E-state index contributed by atoms with van der Waals surface area (Å²) in [7, 11) is 4.09. The second kappa shape index (κ2) is 6.65. The maximum atomic E-state index is 13.4. The van der Waals surface area contributed by atoms with Gasteiger partial charge in [-0.05, 0) is 43.6 Å². The number of halogens is 1. The predicted octanol–water partition coefficient (Wildman–Crippen LogP) is 2.12. The lowest BCUT2D eigenvalue weighted by molar-refractivity contribution is -0.129. The third-order valence-electron chi connectivity index (χ3n) is 4.57. The summed E-state index contributed by atoms with van der Waals surface area (Å²) in [6.07, 6.45) is 0.169. The van der Waals surface area contributed by atoms with Crippen molar-refractivity contribution in [3.63, 3.8) is 0 Å². The van der Waals surface area contributed by atoms with E-state index in [1.807, 2.05) is 19.0 Å². The number of rotatable bonds is 4. The number of benzene rings is 1. The molecule has 22 heavy (non-hydrogen) atoms. The van der Waals surface area contributed by atoms with Gasteiger partial charge in [-0.2, -0.15) is 0 Å². The van der Waals surface area contributed by atoms with E-state index in [1.165, 1.54) is 12.1 Å². The van der Waals surface area contributed by atoms with E-state index in [1.54, 1.807) is 6.07 Å². The molecule has 1 saturated heterocycles. The molecule has 1 amide bonds. The summed E-state index contributed by atoms with van der Waals surface area (Å²) in [4.78, 5) is 16.5. The number of amides is 1. The van der Waals surface area contributed by atoms with Crippen molar-refractivity contribution < 1.29 is 14.3 Å². The Kier molecular flexibility index (Phi) is 5.06. The van der Waals surface area contributed by atoms with Crippen LogP contribution in [0.25, 0.3) is 0 Å². The van der Waals surface area contributed by atoms with Crippen LogP contribution in [0.3, 0.4) is 0 Å². The second-order valence-corrected chi connectivity index (χ2v) is 6.70. The molecule has 2 atom stereocenters. The molecular weight excluding hydrogens is 283 g/mol. The zero-order valence-corrected chi connectivity index (χ0v) is 13.7. The zero-order chi connectivity index (χ0) is 16.4. The molecule has 0 aliphatic carbocycles. The lowest BCUT2D eigenvalue weighted by Gasteiger charge is -2.27. The predicted molar refractivity (Wildman–Crippen MR) is 84.2 cm³/mol. The Morgan fingerprint density at radius 2 is 2.09 bits per heavy atom. The third-order valence-corrected chi connectivity index (χ3v) is 4.57. The second-order valence-electron chi connectivity index (χ2n) is 6.70. The topological polar surface area (TPSA) is 43.8 Å². The average Bonchev–Trinajstić information content (AvgIpc) is 2.88. The molecule has 122 valence electrons. The quantitative estimate of drug-likeness (QED) is 0.926. The Hall–Kier alpha value is -1.62. The van der Waals surface area contributed by atoms with Crippen LogP contribution in [0.15, 0.2) is 18.2 Å². The van der Waals surface area contributed by atoms with Gasteiger partial charge in [0.2, 0.25) is 5.91 Å². The smallest absolute Gasteiger partial charge is 0.227 e. The fraction of sp³-hybridized carbons (Fsp3) is 0.588. The van der Waals surface area contributed by atoms with Gasteiger partial charge < -0.3 is 14.9 Å². The SMILES string of the molecule is CC(C)[C@@H]1CN(C(=O)Cc2ccc(O)c(F)c2)C[C@H]1N(C)C. The van der Waals surface area contributed by atoms with Gasteiger partial charge in [-0.3, -0.25) is 4.79 Å². The first-order valence-electron chi connectivity index (χ1n) is 7.71. The van der Waals surface area contributed by atoms with Crippen LogP contribution in [0, 0.1) is 17.7 Å². The monoisotopic (exact) mass is 308 g/mol.